The van der Waals surface area contributed by atoms with Crippen LogP contribution in [0.3, 0.4) is 0 Å². The highest BCUT2D eigenvalue weighted by molar-refractivity contribution is 7.89. The largest absolute Gasteiger partial charge is 0.492 e. The summed E-state index contributed by atoms with van der Waals surface area (Å²) in [6.45, 7) is 3.29. The van der Waals surface area contributed by atoms with Gasteiger partial charge in [0.1, 0.15) is 21.5 Å². The molecule has 11 heteroatoms. The molecule has 1 aromatic heterocycles. The minimum atomic E-state index is -3.76. The first kappa shape index (κ1) is 23.3. The van der Waals surface area contributed by atoms with E-state index >= 15 is 0 Å². The molecule has 174 valence electrons. The summed E-state index contributed by atoms with van der Waals surface area (Å²) < 4.78 is 52.3. The Bertz CT molecular complexity index is 1260. The second-order valence-corrected chi connectivity index (χ2v) is 10.0. The number of benzene rings is 2. The number of nitrogens with one attached hydrogen (secondary N) is 1. The third-order valence-electron chi connectivity index (χ3n) is 4.94. The van der Waals surface area contributed by atoms with Crippen LogP contribution < -0.4 is 10.1 Å². The van der Waals surface area contributed by atoms with E-state index in [-0.39, 0.29) is 28.5 Å². The van der Waals surface area contributed by atoms with Gasteiger partial charge in [-0.15, -0.1) is 11.3 Å². The maximum absolute atomic E-state index is 14.1. The number of hydrogen-bond donors (Lipinski definition) is 1. The fourth-order valence-corrected chi connectivity index (χ4v) is 5.58. The van der Waals surface area contributed by atoms with Crippen LogP contribution in [0.15, 0.2) is 53.6 Å². The van der Waals surface area contributed by atoms with Crippen molar-refractivity contribution in [2.45, 2.75) is 11.8 Å². The molecule has 33 heavy (non-hydrogen) atoms. The Morgan fingerprint density at radius 3 is 2.73 bits per heavy atom. The van der Waals surface area contributed by atoms with Crippen molar-refractivity contribution < 1.29 is 27.1 Å². The lowest BCUT2D eigenvalue weighted by molar-refractivity contribution is 0.0730. The molecule has 1 amide bonds. The van der Waals surface area contributed by atoms with E-state index in [9.17, 15) is 17.6 Å². The van der Waals surface area contributed by atoms with Crippen LogP contribution in [0.5, 0.6) is 5.75 Å². The molecule has 1 N–H and O–H groups in total. The number of halogens is 1. The van der Waals surface area contributed by atoms with Gasteiger partial charge in [0.05, 0.1) is 36.6 Å². The van der Waals surface area contributed by atoms with Gasteiger partial charge in [-0.1, -0.05) is 12.1 Å². The van der Waals surface area contributed by atoms with Crippen molar-refractivity contribution in [3.8, 4) is 16.3 Å². The molecule has 1 aliphatic heterocycles. The predicted molar refractivity (Wildman–Crippen MR) is 123 cm³/mol. The van der Waals surface area contributed by atoms with Crippen molar-refractivity contribution >= 4 is 33.0 Å². The van der Waals surface area contributed by atoms with Crippen LogP contribution in [0.25, 0.3) is 10.6 Å². The average Bonchev–Trinajstić information content (AvgIpc) is 3.31. The lowest BCUT2D eigenvalue weighted by atomic mass is 10.2. The van der Waals surface area contributed by atoms with Gasteiger partial charge in [0.15, 0.2) is 0 Å². The molecule has 0 spiro atoms. The number of anilines is 1. The maximum Gasteiger partial charge on any atom is 0.267 e. The molecule has 1 fully saturated rings. The number of sulfonamides is 1. The monoisotopic (exact) mass is 491 g/mol. The van der Waals surface area contributed by atoms with Crippen LogP contribution >= 0.6 is 11.3 Å². The van der Waals surface area contributed by atoms with E-state index < -0.39 is 21.7 Å². The standard InChI is InChI=1S/C22H22FN3O5S2/c1-2-31-19-8-7-15(33(28,29)26-9-11-30-12-10-26)13-18(19)25-21(27)20-14-24-22(32-20)16-5-3-4-6-17(16)23/h3-8,13-14H,2,9-12H2,1H3,(H,25,27). The molecular formula is C22H22FN3O5S2. The highest BCUT2D eigenvalue weighted by Crippen LogP contribution is 2.32. The van der Waals surface area contributed by atoms with Gasteiger partial charge in [-0.2, -0.15) is 4.31 Å². The Balaban J connectivity index is 1.61. The molecule has 2 aromatic carbocycles. The lowest BCUT2D eigenvalue weighted by Crippen LogP contribution is -2.40. The molecule has 1 aliphatic rings. The average molecular weight is 492 g/mol. The lowest BCUT2D eigenvalue weighted by Gasteiger charge is -2.26. The number of carbonyl (C=O) groups is 1. The summed E-state index contributed by atoms with van der Waals surface area (Å²) in [5, 5.41) is 3.08. The van der Waals surface area contributed by atoms with Gasteiger partial charge >= 0.3 is 0 Å². The Morgan fingerprint density at radius 1 is 1.24 bits per heavy atom. The van der Waals surface area contributed by atoms with Gasteiger partial charge in [-0.3, -0.25) is 4.79 Å². The van der Waals surface area contributed by atoms with Crippen LogP contribution in [0, 0.1) is 5.82 Å². The molecule has 0 atom stereocenters. The van der Waals surface area contributed by atoms with Crippen LogP contribution in [-0.2, 0) is 14.8 Å². The third-order valence-corrected chi connectivity index (χ3v) is 7.86. The number of aromatic nitrogens is 1. The summed E-state index contributed by atoms with van der Waals surface area (Å²) >= 11 is 1.03. The molecule has 0 unspecified atom stereocenters. The van der Waals surface area contributed by atoms with E-state index in [2.05, 4.69) is 10.3 Å². The molecule has 0 bridgehead atoms. The van der Waals surface area contributed by atoms with E-state index in [4.69, 9.17) is 9.47 Å². The summed E-state index contributed by atoms with van der Waals surface area (Å²) in [6.07, 6.45) is 1.36. The molecular weight excluding hydrogens is 469 g/mol. The van der Waals surface area contributed by atoms with Crippen LogP contribution in [0.4, 0.5) is 10.1 Å². The van der Waals surface area contributed by atoms with Crippen LogP contribution in [-0.4, -0.2) is 56.5 Å². The summed E-state index contributed by atoms with van der Waals surface area (Å²) in [7, 11) is -3.76. The zero-order chi connectivity index (χ0) is 23.4. The van der Waals surface area contributed by atoms with Gasteiger partial charge < -0.3 is 14.8 Å². The number of ether oxygens (including phenoxy) is 2. The van der Waals surface area contributed by atoms with E-state index in [1.807, 2.05) is 0 Å². The predicted octanol–water partition coefficient (Wildman–Crippen LogP) is 3.62. The first-order chi connectivity index (χ1) is 15.9. The van der Waals surface area contributed by atoms with Gasteiger partial charge in [-0.25, -0.2) is 17.8 Å². The Hall–Kier alpha value is -2.86. The maximum atomic E-state index is 14.1. The molecule has 4 rings (SSSR count). The zero-order valence-electron chi connectivity index (χ0n) is 17.8. The van der Waals surface area contributed by atoms with Gasteiger partial charge in [0, 0.05) is 18.7 Å². The van der Waals surface area contributed by atoms with Crippen LogP contribution in [0.2, 0.25) is 0 Å². The Kier molecular flexibility index (Phi) is 7.03. The Morgan fingerprint density at radius 2 is 2.00 bits per heavy atom. The second-order valence-electron chi connectivity index (χ2n) is 7.07. The molecule has 2 heterocycles. The molecule has 3 aromatic rings. The summed E-state index contributed by atoms with van der Waals surface area (Å²) in [6, 6.07) is 10.5. The minimum Gasteiger partial charge on any atom is -0.492 e. The molecule has 0 radical (unpaired) electrons. The minimum absolute atomic E-state index is 0.0412. The first-order valence-corrected chi connectivity index (χ1v) is 12.5. The van der Waals surface area contributed by atoms with Gasteiger partial charge in [-0.05, 0) is 37.3 Å². The van der Waals surface area contributed by atoms with Gasteiger partial charge in [0.2, 0.25) is 10.0 Å². The second kappa shape index (κ2) is 9.96. The Labute approximate surface area is 195 Å². The highest BCUT2D eigenvalue weighted by atomic mass is 32.2. The topological polar surface area (TPSA) is 97.8 Å². The molecule has 0 saturated carbocycles. The number of morpholine rings is 1. The van der Waals surface area contributed by atoms with Crippen molar-refractivity contribution in [1.29, 1.82) is 0 Å². The van der Waals surface area contributed by atoms with E-state index in [0.29, 0.717) is 36.1 Å². The third kappa shape index (κ3) is 5.06. The van der Waals surface area contributed by atoms with Crippen molar-refractivity contribution in [3.05, 3.63) is 59.4 Å². The number of nitrogens with zero attached hydrogens (tertiary/aromatic N) is 2. The zero-order valence-corrected chi connectivity index (χ0v) is 19.4. The number of thiazole rings is 1. The number of rotatable bonds is 7. The summed E-state index contributed by atoms with van der Waals surface area (Å²) in [5.41, 5.74) is 0.521. The molecule has 8 nitrogen and oxygen atoms in total. The van der Waals surface area contributed by atoms with Crippen LogP contribution in [0.1, 0.15) is 16.6 Å². The van der Waals surface area contributed by atoms with Crippen molar-refractivity contribution in [2.75, 3.05) is 38.2 Å². The fourth-order valence-electron chi connectivity index (χ4n) is 3.31. The number of amides is 1. The highest BCUT2D eigenvalue weighted by Gasteiger charge is 2.27. The number of carbonyl (C=O) groups excluding carboxylic acids is 1. The SMILES string of the molecule is CCOc1ccc(S(=O)(=O)N2CCOCC2)cc1NC(=O)c1cnc(-c2ccccc2F)s1. The van der Waals surface area contributed by atoms with E-state index in [1.54, 1.807) is 25.1 Å². The van der Waals surface area contributed by atoms with E-state index in [0.717, 1.165) is 11.3 Å². The normalized spacial score (nSPS) is 14.7. The summed E-state index contributed by atoms with van der Waals surface area (Å²) in [4.78, 5) is 17.3. The van der Waals surface area contributed by atoms with Crippen molar-refractivity contribution in [2.24, 2.45) is 0 Å². The smallest absolute Gasteiger partial charge is 0.267 e. The quantitative estimate of drug-likeness (QED) is 0.542. The first-order valence-electron chi connectivity index (χ1n) is 10.3. The van der Waals surface area contributed by atoms with Crippen molar-refractivity contribution in [3.63, 3.8) is 0 Å². The molecule has 1 saturated heterocycles. The fraction of sp³-hybridized carbons (Fsp3) is 0.273. The van der Waals surface area contributed by atoms with Gasteiger partial charge in [0.25, 0.3) is 5.91 Å². The van der Waals surface area contributed by atoms with E-state index in [1.165, 1.54) is 34.8 Å². The number of hydrogen-bond acceptors (Lipinski definition) is 7. The van der Waals surface area contributed by atoms with Crippen molar-refractivity contribution in [1.82, 2.24) is 9.29 Å². The molecule has 0 aliphatic carbocycles. The summed E-state index contributed by atoms with van der Waals surface area (Å²) in [5.74, 6) is -0.596.